The number of nitrogens with zero attached hydrogens (tertiary/aromatic N) is 3. The molecule has 7 heteroatoms. The van der Waals surface area contributed by atoms with Gasteiger partial charge in [-0.15, -0.1) is 0 Å². The van der Waals surface area contributed by atoms with Gasteiger partial charge >= 0.3 is 6.03 Å². The number of carbonyl (C=O) groups is 2. The van der Waals surface area contributed by atoms with Crippen LogP contribution in [0, 0.1) is 13.8 Å². The Morgan fingerprint density at radius 1 is 1.13 bits per heavy atom. The fourth-order valence-corrected chi connectivity index (χ4v) is 3.27. The Kier molecular flexibility index (Phi) is 8.47. The first-order valence-corrected chi connectivity index (χ1v) is 10.2. The third kappa shape index (κ3) is 6.10. The van der Waals surface area contributed by atoms with E-state index in [9.17, 15) is 9.59 Å². The van der Waals surface area contributed by atoms with E-state index in [1.54, 1.807) is 16.9 Å². The molecule has 1 aromatic carbocycles. The highest BCUT2D eigenvalue weighted by molar-refractivity contribution is 5.93. The number of rotatable bonds is 9. The molecule has 0 atom stereocenters. The second-order valence-electron chi connectivity index (χ2n) is 7.84. The lowest BCUT2D eigenvalue weighted by Crippen LogP contribution is -2.48. The van der Waals surface area contributed by atoms with Crippen LogP contribution in [0.2, 0.25) is 0 Å². The van der Waals surface area contributed by atoms with Crippen molar-refractivity contribution in [1.82, 2.24) is 14.4 Å². The number of hydrogen-bond donors (Lipinski definition) is 1. The van der Waals surface area contributed by atoms with Crippen molar-refractivity contribution in [2.24, 2.45) is 7.05 Å². The molecule has 0 spiro atoms. The SMILES string of the molecule is COCCN(Cc1cccn1C)C(=O)CN(C(=O)Nc1c(C)cccc1C)C(C)C. The van der Waals surface area contributed by atoms with Crippen LogP contribution in [0.5, 0.6) is 0 Å². The van der Waals surface area contributed by atoms with Gasteiger partial charge in [0.1, 0.15) is 6.54 Å². The Labute approximate surface area is 179 Å². The Morgan fingerprint density at radius 3 is 2.33 bits per heavy atom. The van der Waals surface area contributed by atoms with Gasteiger partial charge in [0.05, 0.1) is 13.2 Å². The fraction of sp³-hybridized carbons (Fsp3) is 0.478. The van der Waals surface area contributed by atoms with Crippen molar-refractivity contribution in [2.45, 2.75) is 40.3 Å². The predicted octanol–water partition coefficient (Wildman–Crippen LogP) is 3.56. The summed E-state index contributed by atoms with van der Waals surface area (Å²) < 4.78 is 7.17. The van der Waals surface area contributed by atoms with Crippen LogP contribution in [0.1, 0.15) is 30.7 Å². The number of benzene rings is 1. The van der Waals surface area contributed by atoms with Crippen molar-refractivity contribution in [2.75, 3.05) is 32.1 Å². The Hall–Kier alpha value is -2.80. The summed E-state index contributed by atoms with van der Waals surface area (Å²) in [5.74, 6) is -0.112. The minimum absolute atomic E-state index is 0.00255. The fourth-order valence-electron chi connectivity index (χ4n) is 3.27. The molecule has 0 saturated carbocycles. The van der Waals surface area contributed by atoms with Gasteiger partial charge < -0.3 is 24.4 Å². The maximum Gasteiger partial charge on any atom is 0.322 e. The summed E-state index contributed by atoms with van der Waals surface area (Å²) >= 11 is 0. The Bertz CT molecular complexity index is 840. The van der Waals surface area contributed by atoms with Crippen molar-refractivity contribution >= 4 is 17.6 Å². The van der Waals surface area contributed by atoms with E-state index in [-0.39, 0.29) is 24.5 Å². The zero-order valence-electron chi connectivity index (χ0n) is 18.9. The summed E-state index contributed by atoms with van der Waals surface area (Å²) in [6.07, 6.45) is 1.95. The highest BCUT2D eigenvalue weighted by Crippen LogP contribution is 2.20. The monoisotopic (exact) mass is 414 g/mol. The zero-order valence-corrected chi connectivity index (χ0v) is 18.9. The van der Waals surface area contributed by atoms with E-state index in [4.69, 9.17) is 4.74 Å². The van der Waals surface area contributed by atoms with Gasteiger partial charge in [0, 0.05) is 44.3 Å². The summed E-state index contributed by atoms with van der Waals surface area (Å²) in [6.45, 7) is 9.11. The molecule has 0 saturated heterocycles. The average molecular weight is 415 g/mol. The molecule has 0 aliphatic heterocycles. The summed E-state index contributed by atoms with van der Waals surface area (Å²) in [5.41, 5.74) is 3.80. The van der Waals surface area contributed by atoms with Crippen molar-refractivity contribution in [3.63, 3.8) is 0 Å². The smallest absolute Gasteiger partial charge is 0.322 e. The normalized spacial score (nSPS) is 10.9. The number of para-hydroxylation sites is 1. The molecular formula is C23H34N4O3. The summed E-state index contributed by atoms with van der Waals surface area (Å²) in [4.78, 5) is 29.5. The number of ether oxygens (including phenoxy) is 1. The van der Waals surface area contributed by atoms with Gasteiger partial charge in [0.25, 0.3) is 0 Å². The highest BCUT2D eigenvalue weighted by Gasteiger charge is 2.24. The molecule has 0 unspecified atom stereocenters. The summed E-state index contributed by atoms with van der Waals surface area (Å²) in [6, 6.07) is 9.41. The van der Waals surface area contributed by atoms with E-state index in [0.717, 1.165) is 22.5 Å². The first kappa shape index (κ1) is 23.5. The molecular weight excluding hydrogens is 380 g/mol. The molecule has 1 N–H and O–H groups in total. The molecule has 1 aromatic heterocycles. The lowest BCUT2D eigenvalue weighted by Gasteiger charge is -2.30. The lowest BCUT2D eigenvalue weighted by molar-refractivity contribution is -0.133. The van der Waals surface area contributed by atoms with Crippen LogP contribution in [0.4, 0.5) is 10.5 Å². The number of anilines is 1. The maximum absolute atomic E-state index is 13.1. The molecule has 30 heavy (non-hydrogen) atoms. The van der Waals surface area contributed by atoms with Gasteiger partial charge in [-0.2, -0.15) is 0 Å². The number of methoxy groups -OCH3 is 1. The Balaban J connectivity index is 2.14. The lowest BCUT2D eigenvalue weighted by atomic mass is 10.1. The van der Waals surface area contributed by atoms with Crippen LogP contribution in [0.3, 0.4) is 0 Å². The van der Waals surface area contributed by atoms with Gasteiger partial charge in [0.2, 0.25) is 5.91 Å². The molecule has 2 aromatic rings. The van der Waals surface area contributed by atoms with Gasteiger partial charge in [-0.25, -0.2) is 4.79 Å². The van der Waals surface area contributed by atoms with E-state index in [1.165, 1.54) is 0 Å². The van der Waals surface area contributed by atoms with Gasteiger partial charge in [-0.1, -0.05) is 18.2 Å². The molecule has 3 amide bonds. The number of aromatic nitrogens is 1. The van der Waals surface area contributed by atoms with Crippen LogP contribution < -0.4 is 5.32 Å². The van der Waals surface area contributed by atoms with E-state index in [2.05, 4.69) is 5.32 Å². The van der Waals surface area contributed by atoms with Gasteiger partial charge in [-0.05, 0) is 51.0 Å². The van der Waals surface area contributed by atoms with Crippen LogP contribution in [-0.2, 0) is 23.1 Å². The first-order chi connectivity index (χ1) is 14.2. The molecule has 0 fully saturated rings. The molecule has 0 aliphatic carbocycles. The molecule has 0 aliphatic rings. The van der Waals surface area contributed by atoms with Crippen molar-refractivity contribution in [3.8, 4) is 0 Å². The quantitative estimate of drug-likeness (QED) is 0.682. The number of urea groups is 1. The van der Waals surface area contributed by atoms with Crippen LogP contribution in [0.25, 0.3) is 0 Å². The summed E-state index contributed by atoms with van der Waals surface area (Å²) in [7, 11) is 3.57. The molecule has 0 bridgehead atoms. The van der Waals surface area contributed by atoms with Crippen molar-refractivity contribution in [3.05, 3.63) is 53.3 Å². The second-order valence-corrected chi connectivity index (χ2v) is 7.84. The summed E-state index contributed by atoms with van der Waals surface area (Å²) in [5, 5.41) is 2.99. The standard InChI is InChI=1S/C23H34N4O3/c1-17(2)27(23(29)24-22-18(3)9-7-10-19(22)4)16-21(28)26(13-14-30-6)15-20-11-8-12-25(20)5/h7-12,17H,13-16H2,1-6H3,(H,24,29). The topological polar surface area (TPSA) is 66.8 Å². The predicted molar refractivity (Wildman–Crippen MR) is 119 cm³/mol. The number of hydrogen-bond acceptors (Lipinski definition) is 3. The van der Waals surface area contributed by atoms with Crippen molar-refractivity contribution < 1.29 is 14.3 Å². The number of nitrogens with one attached hydrogen (secondary N) is 1. The third-order valence-corrected chi connectivity index (χ3v) is 5.23. The molecule has 0 radical (unpaired) electrons. The van der Waals surface area contributed by atoms with Crippen molar-refractivity contribution in [1.29, 1.82) is 0 Å². The van der Waals surface area contributed by atoms with Crippen LogP contribution in [0.15, 0.2) is 36.5 Å². The van der Waals surface area contributed by atoms with E-state index in [1.807, 2.05) is 75.8 Å². The maximum atomic E-state index is 13.1. The number of aryl methyl sites for hydroxylation is 3. The van der Waals surface area contributed by atoms with Crippen LogP contribution in [-0.4, -0.2) is 59.2 Å². The molecule has 1 heterocycles. The molecule has 7 nitrogen and oxygen atoms in total. The van der Waals surface area contributed by atoms with Crippen LogP contribution >= 0.6 is 0 Å². The van der Waals surface area contributed by atoms with Gasteiger partial charge in [0.15, 0.2) is 0 Å². The average Bonchev–Trinajstić information content (AvgIpc) is 3.10. The molecule has 164 valence electrons. The second kappa shape index (κ2) is 10.8. The van der Waals surface area contributed by atoms with E-state index < -0.39 is 0 Å². The first-order valence-electron chi connectivity index (χ1n) is 10.2. The highest BCUT2D eigenvalue weighted by atomic mass is 16.5. The van der Waals surface area contributed by atoms with E-state index in [0.29, 0.717) is 19.7 Å². The van der Waals surface area contributed by atoms with Gasteiger partial charge in [-0.3, -0.25) is 4.79 Å². The minimum Gasteiger partial charge on any atom is -0.383 e. The number of carbonyl (C=O) groups excluding carboxylic acids is 2. The number of amides is 3. The third-order valence-electron chi connectivity index (χ3n) is 5.23. The minimum atomic E-state index is -0.277. The molecule has 2 rings (SSSR count). The Morgan fingerprint density at radius 2 is 1.80 bits per heavy atom. The largest absolute Gasteiger partial charge is 0.383 e. The van der Waals surface area contributed by atoms with E-state index >= 15 is 0 Å². The zero-order chi connectivity index (χ0) is 22.3.